The summed E-state index contributed by atoms with van der Waals surface area (Å²) in [6, 6.07) is 9.23. The number of aliphatic hydroxyl groups is 3. The van der Waals surface area contributed by atoms with Gasteiger partial charge in [0.05, 0.1) is 24.7 Å². The predicted molar refractivity (Wildman–Crippen MR) is 76.5 cm³/mol. The average Bonchev–Trinajstić information content (AvgIpc) is 2.71. The van der Waals surface area contributed by atoms with Crippen LogP contribution in [0.4, 0.5) is 0 Å². The molecule has 0 aromatic heterocycles. The summed E-state index contributed by atoms with van der Waals surface area (Å²) in [5.74, 6) is -1.70. The van der Waals surface area contributed by atoms with Crippen molar-refractivity contribution in [3.63, 3.8) is 0 Å². The fraction of sp³-hybridized carbons (Fsp3) is 0.562. The van der Waals surface area contributed by atoms with Crippen molar-refractivity contribution in [1.82, 2.24) is 0 Å². The van der Waals surface area contributed by atoms with E-state index in [4.69, 9.17) is 5.11 Å². The van der Waals surface area contributed by atoms with E-state index in [1.165, 1.54) is 0 Å². The van der Waals surface area contributed by atoms with Crippen LogP contribution < -0.4 is 0 Å². The molecule has 116 valence electrons. The molecule has 1 aliphatic carbocycles. The van der Waals surface area contributed by atoms with Crippen LogP contribution in [0.25, 0.3) is 0 Å². The summed E-state index contributed by atoms with van der Waals surface area (Å²) in [7, 11) is 0. The molecule has 0 amide bonds. The number of benzene rings is 1. The fourth-order valence-corrected chi connectivity index (χ4v) is 3.26. The Bertz CT molecular complexity index is 461. The Hall–Kier alpha value is -1.43. The molecule has 0 saturated heterocycles. The summed E-state index contributed by atoms with van der Waals surface area (Å²) in [6.45, 7) is 0. The van der Waals surface area contributed by atoms with Gasteiger partial charge in [-0.05, 0) is 30.7 Å². The van der Waals surface area contributed by atoms with Crippen LogP contribution in [0.5, 0.6) is 0 Å². The average molecular weight is 294 g/mol. The molecular weight excluding hydrogens is 272 g/mol. The van der Waals surface area contributed by atoms with Crippen molar-refractivity contribution < 1.29 is 25.2 Å². The minimum atomic E-state index is -0.971. The first-order chi connectivity index (χ1) is 9.99. The number of hydrogen-bond acceptors (Lipinski definition) is 4. The van der Waals surface area contributed by atoms with Crippen molar-refractivity contribution >= 4 is 5.97 Å². The summed E-state index contributed by atoms with van der Waals surface area (Å²) >= 11 is 0. The van der Waals surface area contributed by atoms with Crippen molar-refractivity contribution in [2.24, 2.45) is 11.8 Å². The fourth-order valence-electron chi connectivity index (χ4n) is 3.26. The SMILES string of the molecule is O=C(O)C[C@H]1[C@H](CCC(O)c2ccccc2)[C@@H](O)C[C@H]1O. The number of aliphatic carboxylic acids is 1. The Morgan fingerprint density at radius 2 is 1.76 bits per heavy atom. The molecule has 1 unspecified atom stereocenters. The Balaban J connectivity index is 1.95. The molecule has 5 nitrogen and oxygen atoms in total. The molecule has 1 aromatic rings. The molecule has 0 aliphatic heterocycles. The van der Waals surface area contributed by atoms with E-state index in [1.54, 1.807) is 0 Å². The van der Waals surface area contributed by atoms with Gasteiger partial charge in [-0.1, -0.05) is 30.3 Å². The van der Waals surface area contributed by atoms with Gasteiger partial charge in [0.2, 0.25) is 0 Å². The van der Waals surface area contributed by atoms with Crippen LogP contribution in [0.3, 0.4) is 0 Å². The zero-order chi connectivity index (χ0) is 15.4. The molecule has 4 N–H and O–H groups in total. The van der Waals surface area contributed by atoms with E-state index in [2.05, 4.69) is 0 Å². The third kappa shape index (κ3) is 4.03. The molecule has 1 fully saturated rings. The van der Waals surface area contributed by atoms with Crippen LogP contribution in [0.2, 0.25) is 0 Å². The first-order valence-corrected chi connectivity index (χ1v) is 7.30. The van der Waals surface area contributed by atoms with E-state index in [9.17, 15) is 20.1 Å². The van der Waals surface area contributed by atoms with Crippen molar-refractivity contribution in [2.75, 3.05) is 0 Å². The van der Waals surface area contributed by atoms with Crippen molar-refractivity contribution in [2.45, 2.75) is 44.0 Å². The first kappa shape index (κ1) is 15.9. The van der Waals surface area contributed by atoms with E-state index in [0.717, 1.165) is 5.56 Å². The molecule has 1 saturated carbocycles. The summed E-state index contributed by atoms with van der Waals surface area (Å²) in [5.41, 5.74) is 0.806. The summed E-state index contributed by atoms with van der Waals surface area (Å²) < 4.78 is 0. The van der Waals surface area contributed by atoms with Gasteiger partial charge in [0, 0.05) is 5.92 Å². The lowest BCUT2D eigenvalue weighted by Gasteiger charge is -2.23. The lowest BCUT2D eigenvalue weighted by molar-refractivity contribution is -0.139. The van der Waals surface area contributed by atoms with E-state index in [-0.39, 0.29) is 18.8 Å². The van der Waals surface area contributed by atoms with E-state index >= 15 is 0 Å². The number of carbonyl (C=O) groups is 1. The maximum absolute atomic E-state index is 10.9. The molecule has 0 spiro atoms. The van der Waals surface area contributed by atoms with Gasteiger partial charge in [0.25, 0.3) is 0 Å². The third-order valence-corrected chi connectivity index (χ3v) is 4.39. The zero-order valence-corrected chi connectivity index (χ0v) is 11.8. The Morgan fingerprint density at radius 3 is 2.38 bits per heavy atom. The number of carboxylic acid groups (broad SMARTS) is 1. The van der Waals surface area contributed by atoms with Gasteiger partial charge >= 0.3 is 5.97 Å². The summed E-state index contributed by atoms with van der Waals surface area (Å²) in [6.07, 6.45) is -1.13. The van der Waals surface area contributed by atoms with E-state index in [1.807, 2.05) is 30.3 Å². The van der Waals surface area contributed by atoms with Crippen LogP contribution in [0.15, 0.2) is 30.3 Å². The van der Waals surface area contributed by atoms with Crippen LogP contribution in [0.1, 0.15) is 37.4 Å². The standard InChI is InChI=1S/C16H22O5/c17-13(10-4-2-1-3-5-10)7-6-11-12(8-16(20)21)15(19)9-14(11)18/h1-5,11-15,17-19H,6-9H2,(H,20,21)/t11-,12-,13?,14-,15+/m0/s1. The number of hydrogen-bond donors (Lipinski definition) is 4. The molecule has 1 aliphatic rings. The van der Waals surface area contributed by atoms with E-state index in [0.29, 0.717) is 12.8 Å². The van der Waals surface area contributed by atoms with Gasteiger partial charge in [-0.25, -0.2) is 0 Å². The largest absolute Gasteiger partial charge is 0.481 e. The van der Waals surface area contributed by atoms with Crippen LogP contribution in [-0.2, 0) is 4.79 Å². The molecule has 5 atom stereocenters. The molecule has 1 aromatic carbocycles. The molecular formula is C16H22O5. The second-order valence-corrected chi connectivity index (χ2v) is 5.80. The second kappa shape index (κ2) is 7.02. The highest BCUT2D eigenvalue weighted by Gasteiger charge is 2.42. The molecule has 5 heteroatoms. The van der Waals surface area contributed by atoms with E-state index < -0.39 is 30.2 Å². The summed E-state index contributed by atoms with van der Waals surface area (Å²) in [4.78, 5) is 10.9. The van der Waals surface area contributed by atoms with Gasteiger partial charge in [0.1, 0.15) is 0 Å². The quantitative estimate of drug-likeness (QED) is 0.634. The number of carboxylic acids is 1. The van der Waals surface area contributed by atoms with Crippen LogP contribution >= 0.6 is 0 Å². The lowest BCUT2D eigenvalue weighted by Crippen LogP contribution is -2.25. The van der Waals surface area contributed by atoms with Gasteiger partial charge in [-0.15, -0.1) is 0 Å². The van der Waals surface area contributed by atoms with Crippen LogP contribution in [0, 0.1) is 11.8 Å². The smallest absolute Gasteiger partial charge is 0.303 e. The Labute approximate surface area is 123 Å². The minimum absolute atomic E-state index is 0.148. The topological polar surface area (TPSA) is 98.0 Å². The van der Waals surface area contributed by atoms with Crippen molar-refractivity contribution in [3.05, 3.63) is 35.9 Å². The zero-order valence-electron chi connectivity index (χ0n) is 11.8. The van der Waals surface area contributed by atoms with Crippen molar-refractivity contribution in [3.8, 4) is 0 Å². The van der Waals surface area contributed by atoms with Gasteiger partial charge in [-0.2, -0.15) is 0 Å². The van der Waals surface area contributed by atoms with Crippen LogP contribution in [-0.4, -0.2) is 38.6 Å². The molecule has 0 bridgehead atoms. The highest BCUT2D eigenvalue weighted by Crippen LogP contribution is 2.39. The minimum Gasteiger partial charge on any atom is -0.481 e. The Kier molecular flexibility index (Phi) is 5.33. The maximum Gasteiger partial charge on any atom is 0.303 e. The highest BCUT2D eigenvalue weighted by atomic mass is 16.4. The van der Waals surface area contributed by atoms with Gasteiger partial charge < -0.3 is 20.4 Å². The summed E-state index contributed by atoms with van der Waals surface area (Å²) in [5, 5.41) is 38.9. The number of aliphatic hydroxyl groups excluding tert-OH is 3. The predicted octanol–water partition coefficient (Wildman–Crippen LogP) is 1.33. The lowest BCUT2D eigenvalue weighted by atomic mass is 9.85. The Morgan fingerprint density at radius 1 is 1.14 bits per heavy atom. The van der Waals surface area contributed by atoms with Crippen molar-refractivity contribution in [1.29, 1.82) is 0 Å². The second-order valence-electron chi connectivity index (χ2n) is 5.80. The molecule has 2 rings (SSSR count). The first-order valence-electron chi connectivity index (χ1n) is 7.30. The normalized spacial score (nSPS) is 30.2. The number of rotatable bonds is 6. The maximum atomic E-state index is 10.9. The third-order valence-electron chi connectivity index (χ3n) is 4.39. The molecule has 0 heterocycles. The molecule has 21 heavy (non-hydrogen) atoms. The highest BCUT2D eigenvalue weighted by molar-refractivity contribution is 5.67. The monoisotopic (exact) mass is 294 g/mol. The molecule has 0 radical (unpaired) electrons. The van der Waals surface area contributed by atoms with Gasteiger partial charge in [0.15, 0.2) is 0 Å². The van der Waals surface area contributed by atoms with Gasteiger partial charge in [-0.3, -0.25) is 4.79 Å².